The molecule has 1 saturated carbocycles. The highest BCUT2D eigenvalue weighted by molar-refractivity contribution is 5.85. The van der Waals surface area contributed by atoms with Gasteiger partial charge in [0.1, 0.15) is 0 Å². The van der Waals surface area contributed by atoms with Gasteiger partial charge in [-0.25, -0.2) is 0 Å². The summed E-state index contributed by atoms with van der Waals surface area (Å²) in [5.41, 5.74) is -0.189. The fraction of sp³-hybridized carbons (Fsp3) is 0.929. The van der Waals surface area contributed by atoms with Gasteiger partial charge in [-0.15, -0.1) is 24.8 Å². The molecule has 3 fully saturated rings. The molecule has 2 atom stereocenters. The zero-order valence-electron chi connectivity index (χ0n) is 12.2. The van der Waals surface area contributed by atoms with Gasteiger partial charge in [0.15, 0.2) is 0 Å². The summed E-state index contributed by atoms with van der Waals surface area (Å²) in [6.45, 7) is 6.23. The predicted octanol–water partition coefficient (Wildman–Crippen LogP) is 1.57. The van der Waals surface area contributed by atoms with Crippen LogP contribution >= 0.6 is 24.8 Å². The van der Waals surface area contributed by atoms with Crippen molar-refractivity contribution in [2.45, 2.75) is 51.1 Å². The van der Waals surface area contributed by atoms with E-state index in [1.165, 1.54) is 19.4 Å². The largest absolute Gasteiger partial charge is 0.352 e. The van der Waals surface area contributed by atoms with Crippen LogP contribution < -0.4 is 10.6 Å². The van der Waals surface area contributed by atoms with E-state index in [0.717, 1.165) is 44.9 Å². The van der Waals surface area contributed by atoms with Crippen LogP contribution in [-0.2, 0) is 4.79 Å². The summed E-state index contributed by atoms with van der Waals surface area (Å²) in [5, 5.41) is 6.63. The van der Waals surface area contributed by atoms with Gasteiger partial charge in [-0.3, -0.25) is 9.69 Å². The van der Waals surface area contributed by atoms with Crippen LogP contribution in [0.25, 0.3) is 0 Å². The van der Waals surface area contributed by atoms with E-state index in [9.17, 15) is 4.79 Å². The molecule has 2 saturated heterocycles. The fourth-order valence-electron chi connectivity index (χ4n) is 3.29. The average molecular weight is 324 g/mol. The number of amides is 1. The zero-order chi connectivity index (χ0) is 12.6. The van der Waals surface area contributed by atoms with Gasteiger partial charge in [-0.05, 0) is 45.6 Å². The lowest BCUT2D eigenvalue weighted by molar-refractivity contribution is -0.131. The minimum absolute atomic E-state index is 0. The van der Waals surface area contributed by atoms with E-state index < -0.39 is 0 Å². The zero-order valence-corrected chi connectivity index (χ0v) is 13.8. The Kier molecular flexibility index (Phi) is 6.58. The van der Waals surface area contributed by atoms with Crippen LogP contribution in [-0.4, -0.2) is 49.1 Å². The maximum atomic E-state index is 12.4. The molecule has 118 valence electrons. The van der Waals surface area contributed by atoms with Crippen molar-refractivity contribution in [1.29, 1.82) is 0 Å². The summed E-state index contributed by atoms with van der Waals surface area (Å²) in [6.07, 6.45) is 5.99. The highest BCUT2D eigenvalue weighted by Crippen LogP contribution is 2.30. The van der Waals surface area contributed by atoms with Crippen LogP contribution in [0.1, 0.15) is 39.0 Å². The van der Waals surface area contributed by atoms with E-state index in [2.05, 4.69) is 22.5 Å². The molecule has 0 bridgehead atoms. The Morgan fingerprint density at radius 2 is 2.05 bits per heavy atom. The second-order valence-corrected chi connectivity index (χ2v) is 6.53. The Labute approximate surface area is 134 Å². The number of carbonyl (C=O) groups excluding carboxylic acids is 1. The number of nitrogens with zero attached hydrogens (tertiary/aromatic N) is 1. The maximum absolute atomic E-state index is 12.4. The lowest BCUT2D eigenvalue weighted by Crippen LogP contribution is -2.51. The van der Waals surface area contributed by atoms with Crippen molar-refractivity contribution in [1.82, 2.24) is 15.5 Å². The minimum Gasteiger partial charge on any atom is -0.352 e. The third-order valence-electron chi connectivity index (χ3n) is 4.76. The van der Waals surface area contributed by atoms with Crippen molar-refractivity contribution in [3.63, 3.8) is 0 Å². The monoisotopic (exact) mass is 323 g/mol. The molecule has 0 radical (unpaired) electrons. The van der Waals surface area contributed by atoms with Crippen LogP contribution in [0.5, 0.6) is 0 Å². The SMILES string of the molecule is CC1(C(=O)NC2CCN(C3CC3)C2)CCCNC1.Cl.Cl. The molecule has 1 aliphatic carbocycles. The molecule has 1 amide bonds. The van der Waals surface area contributed by atoms with Gasteiger partial charge in [0.05, 0.1) is 5.41 Å². The number of rotatable bonds is 3. The third kappa shape index (κ3) is 4.00. The molecule has 2 unspecified atom stereocenters. The topological polar surface area (TPSA) is 44.4 Å². The Morgan fingerprint density at radius 3 is 2.65 bits per heavy atom. The van der Waals surface area contributed by atoms with Crippen molar-refractivity contribution in [2.24, 2.45) is 5.41 Å². The summed E-state index contributed by atoms with van der Waals surface area (Å²) in [4.78, 5) is 14.9. The molecule has 20 heavy (non-hydrogen) atoms. The van der Waals surface area contributed by atoms with Gasteiger partial charge in [-0.2, -0.15) is 0 Å². The molecule has 0 aromatic carbocycles. The molecule has 3 rings (SSSR count). The molecule has 4 nitrogen and oxygen atoms in total. The van der Waals surface area contributed by atoms with Gasteiger partial charge >= 0.3 is 0 Å². The van der Waals surface area contributed by atoms with Crippen LogP contribution in [0.15, 0.2) is 0 Å². The van der Waals surface area contributed by atoms with Gasteiger partial charge < -0.3 is 10.6 Å². The summed E-state index contributed by atoms with van der Waals surface area (Å²) in [7, 11) is 0. The Morgan fingerprint density at radius 1 is 1.30 bits per heavy atom. The number of likely N-dealkylation sites (tertiary alicyclic amines) is 1. The normalized spacial score (nSPS) is 34.0. The van der Waals surface area contributed by atoms with E-state index >= 15 is 0 Å². The van der Waals surface area contributed by atoms with E-state index in [0.29, 0.717) is 6.04 Å². The molecular formula is C14H27Cl2N3O. The predicted molar refractivity (Wildman–Crippen MR) is 85.8 cm³/mol. The lowest BCUT2D eigenvalue weighted by atomic mass is 9.81. The average Bonchev–Trinajstić information content (AvgIpc) is 3.11. The first-order valence-corrected chi connectivity index (χ1v) is 7.43. The van der Waals surface area contributed by atoms with Gasteiger partial charge in [0, 0.05) is 31.7 Å². The first kappa shape index (κ1) is 18.0. The second-order valence-electron chi connectivity index (χ2n) is 6.53. The lowest BCUT2D eigenvalue weighted by Gasteiger charge is -2.33. The third-order valence-corrected chi connectivity index (χ3v) is 4.76. The number of halogens is 2. The minimum atomic E-state index is -0.189. The van der Waals surface area contributed by atoms with Gasteiger partial charge in [0.2, 0.25) is 5.91 Å². The molecule has 2 N–H and O–H groups in total. The molecule has 3 aliphatic rings. The summed E-state index contributed by atoms with van der Waals surface area (Å²) < 4.78 is 0. The summed E-state index contributed by atoms with van der Waals surface area (Å²) in [5.74, 6) is 0.261. The number of hydrogen-bond acceptors (Lipinski definition) is 3. The number of piperidine rings is 1. The van der Waals surface area contributed by atoms with Crippen molar-refractivity contribution < 1.29 is 4.79 Å². The molecule has 2 heterocycles. The first-order chi connectivity index (χ1) is 8.67. The highest BCUT2D eigenvalue weighted by Gasteiger charge is 2.38. The number of hydrogen-bond donors (Lipinski definition) is 2. The van der Waals surface area contributed by atoms with Crippen molar-refractivity contribution in [3.8, 4) is 0 Å². The fourth-order valence-corrected chi connectivity index (χ4v) is 3.29. The Bertz CT molecular complexity index is 330. The molecule has 6 heteroatoms. The second kappa shape index (κ2) is 7.30. The molecular weight excluding hydrogens is 297 g/mol. The smallest absolute Gasteiger partial charge is 0.227 e. The van der Waals surface area contributed by atoms with Crippen LogP contribution in [0.3, 0.4) is 0 Å². The van der Waals surface area contributed by atoms with Crippen LogP contribution in [0.2, 0.25) is 0 Å². The van der Waals surface area contributed by atoms with E-state index in [-0.39, 0.29) is 36.1 Å². The van der Waals surface area contributed by atoms with E-state index in [4.69, 9.17) is 0 Å². The molecule has 0 spiro atoms. The first-order valence-electron chi connectivity index (χ1n) is 7.43. The molecule has 0 aromatic rings. The van der Waals surface area contributed by atoms with Gasteiger partial charge in [0.25, 0.3) is 0 Å². The molecule has 0 aromatic heterocycles. The van der Waals surface area contributed by atoms with Crippen LogP contribution in [0.4, 0.5) is 0 Å². The Balaban J connectivity index is 0.000001000. The highest BCUT2D eigenvalue weighted by atomic mass is 35.5. The maximum Gasteiger partial charge on any atom is 0.227 e. The van der Waals surface area contributed by atoms with E-state index in [1.54, 1.807) is 0 Å². The quantitative estimate of drug-likeness (QED) is 0.828. The van der Waals surface area contributed by atoms with Crippen molar-refractivity contribution in [2.75, 3.05) is 26.2 Å². The van der Waals surface area contributed by atoms with Gasteiger partial charge in [-0.1, -0.05) is 0 Å². The van der Waals surface area contributed by atoms with E-state index in [1.807, 2.05) is 0 Å². The number of carbonyl (C=O) groups is 1. The standard InChI is InChI=1S/C14H25N3O.2ClH/c1-14(6-2-7-15-10-14)13(18)16-11-5-8-17(9-11)12-3-4-12;;/h11-12,15H,2-10H2,1H3,(H,16,18);2*1H. The molecule has 2 aliphatic heterocycles. The summed E-state index contributed by atoms with van der Waals surface area (Å²) in [6, 6.07) is 1.22. The van der Waals surface area contributed by atoms with Crippen molar-refractivity contribution in [3.05, 3.63) is 0 Å². The Hall–Kier alpha value is -0.0300. The number of nitrogens with one attached hydrogen (secondary N) is 2. The van der Waals surface area contributed by atoms with Crippen molar-refractivity contribution >= 4 is 30.7 Å². The summed E-state index contributed by atoms with van der Waals surface area (Å²) >= 11 is 0. The van der Waals surface area contributed by atoms with Crippen LogP contribution in [0, 0.1) is 5.41 Å².